The van der Waals surface area contributed by atoms with Crippen molar-refractivity contribution in [2.24, 2.45) is 5.41 Å². The molecule has 82 valence electrons. The molecule has 0 heterocycles. The Kier molecular flexibility index (Phi) is 2.72. The van der Waals surface area contributed by atoms with Gasteiger partial charge >= 0.3 is 0 Å². The molecule has 0 bridgehead atoms. The molecule has 2 rings (SSSR count). The molecular weight excluding hydrogens is 182 g/mol. The fourth-order valence-electron chi connectivity index (χ4n) is 2.75. The minimum atomic E-state index is 0.518. The predicted octanol–water partition coefficient (Wildman–Crippen LogP) is 3.95. The van der Waals surface area contributed by atoms with Gasteiger partial charge in [-0.1, -0.05) is 32.4 Å². The van der Waals surface area contributed by atoms with Gasteiger partial charge in [0.05, 0.1) is 0 Å². The lowest BCUT2D eigenvalue weighted by Crippen LogP contribution is -2.21. The highest BCUT2D eigenvalue weighted by Gasteiger charge is 2.28. The topological polar surface area (TPSA) is 26.0 Å². The van der Waals surface area contributed by atoms with Gasteiger partial charge in [-0.2, -0.15) is 0 Å². The van der Waals surface area contributed by atoms with Gasteiger partial charge in [0, 0.05) is 5.69 Å². The van der Waals surface area contributed by atoms with Gasteiger partial charge in [-0.25, -0.2) is 0 Å². The molecule has 0 saturated heterocycles. The zero-order chi connectivity index (χ0) is 10.9. The molecule has 15 heavy (non-hydrogen) atoms. The Bertz CT molecular complexity index is 324. The van der Waals surface area contributed by atoms with Crippen molar-refractivity contribution in [3.05, 3.63) is 29.8 Å². The van der Waals surface area contributed by atoms with Crippen LogP contribution in [0.3, 0.4) is 0 Å². The predicted molar refractivity (Wildman–Crippen MR) is 65.8 cm³/mol. The quantitative estimate of drug-likeness (QED) is 0.687. The lowest BCUT2D eigenvalue weighted by molar-refractivity contribution is 0.219. The van der Waals surface area contributed by atoms with Crippen LogP contribution in [-0.2, 0) is 0 Å². The van der Waals surface area contributed by atoms with Gasteiger partial charge in [-0.3, -0.25) is 0 Å². The van der Waals surface area contributed by atoms with Crippen molar-refractivity contribution in [3.8, 4) is 0 Å². The maximum Gasteiger partial charge on any atom is 0.0314 e. The molecule has 1 saturated carbocycles. The zero-order valence-corrected chi connectivity index (χ0v) is 9.79. The first kappa shape index (κ1) is 10.5. The van der Waals surface area contributed by atoms with E-state index in [1.807, 2.05) is 12.1 Å². The molecule has 1 atom stereocenters. The van der Waals surface area contributed by atoms with Gasteiger partial charge in [0.2, 0.25) is 0 Å². The fourth-order valence-corrected chi connectivity index (χ4v) is 2.75. The van der Waals surface area contributed by atoms with Crippen molar-refractivity contribution in [3.63, 3.8) is 0 Å². The number of hydrogen-bond acceptors (Lipinski definition) is 1. The number of rotatable bonds is 1. The van der Waals surface area contributed by atoms with Gasteiger partial charge in [0.25, 0.3) is 0 Å². The summed E-state index contributed by atoms with van der Waals surface area (Å²) < 4.78 is 0. The molecule has 1 nitrogen and oxygen atoms in total. The maximum atomic E-state index is 5.71. The van der Waals surface area contributed by atoms with Crippen LogP contribution in [0.2, 0.25) is 0 Å². The SMILES string of the molecule is CC1(C)CCCC(c2ccc(N)cc2)C1. The van der Waals surface area contributed by atoms with Crippen LogP contribution in [0.25, 0.3) is 0 Å². The number of anilines is 1. The Labute approximate surface area is 92.7 Å². The van der Waals surface area contributed by atoms with Crippen molar-refractivity contribution < 1.29 is 0 Å². The summed E-state index contributed by atoms with van der Waals surface area (Å²) in [5.74, 6) is 0.745. The Morgan fingerprint density at radius 2 is 1.87 bits per heavy atom. The Morgan fingerprint density at radius 1 is 1.20 bits per heavy atom. The highest BCUT2D eigenvalue weighted by Crippen LogP contribution is 2.43. The highest BCUT2D eigenvalue weighted by molar-refractivity contribution is 5.40. The molecule has 0 aromatic heterocycles. The van der Waals surface area contributed by atoms with Gasteiger partial charge in [-0.05, 0) is 48.3 Å². The summed E-state index contributed by atoms with van der Waals surface area (Å²) in [4.78, 5) is 0. The molecule has 1 aliphatic rings. The first-order chi connectivity index (χ1) is 7.07. The molecule has 2 N–H and O–H groups in total. The largest absolute Gasteiger partial charge is 0.399 e. The van der Waals surface area contributed by atoms with E-state index in [0.717, 1.165) is 11.6 Å². The lowest BCUT2D eigenvalue weighted by atomic mass is 9.70. The van der Waals surface area contributed by atoms with Gasteiger partial charge in [-0.15, -0.1) is 0 Å². The molecular formula is C14H21N. The van der Waals surface area contributed by atoms with E-state index < -0.39 is 0 Å². The van der Waals surface area contributed by atoms with Gasteiger partial charge < -0.3 is 5.73 Å². The molecule has 1 aromatic rings. The second-order valence-corrected chi connectivity index (χ2v) is 5.62. The third-order valence-corrected chi connectivity index (χ3v) is 3.61. The number of nitrogens with two attached hydrogens (primary N) is 1. The molecule has 1 aliphatic carbocycles. The normalized spacial score (nSPS) is 25.1. The molecule has 1 fully saturated rings. The molecule has 1 aromatic carbocycles. The van der Waals surface area contributed by atoms with E-state index in [-0.39, 0.29) is 0 Å². The van der Waals surface area contributed by atoms with Crippen LogP contribution in [0.4, 0.5) is 5.69 Å². The average molecular weight is 203 g/mol. The van der Waals surface area contributed by atoms with E-state index in [4.69, 9.17) is 5.73 Å². The molecule has 0 amide bonds. The van der Waals surface area contributed by atoms with Crippen molar-refractivity contribution in [2.45, 2.75) is 45.4 Å². The summed E-state index contributed by atoms with van der Waals surface area (Å²) in [5, 5.41) is 0. The summed E-state index contributed by atoms with van der Waals surface area (Å²) in [5.41, 5.74) is 8.57. The van der Waals surface area contributed by atoms with Crippen molar-refractivity contribution in [1.29, 1.82) is 0 Å². The van der Waals surface area contributed by atoms with Crippen LogP contribution in [-0.4, -0.2) is 0 Å². The molecule has 1 unspecified atom stereocenters. The van der Waals surface area contributed by atoms with Crippen molar-refractivity contribution >= 4 is 5.69 Å². The van der Waals surface area contributed by atoms with Crippen LogP contribution in [0.5, 0.6) is 0 Å². The summed E-state index contributed by atoms with van der Waals surface area (Å²) in [6.07, 6.45) is 5.39. The van der Waals surface area contributed by atoms with E-state index >= 15 is 0 Å². The average Bonchev–Trinajstić information content (AvgIpc) is 2.17. The van der Waals surface area contributed by atoms with E-state index in [9.17, 15) is 0 Å². The minimum Gasteiger partial charge on any atom is -0.399 e. The highest BCUT2D eigenvalue weighted by atomic mass is 14.5. The minimum absolute atomic E-state index is 0.518. The summed E-state index contributed by atoms with van der Waals surface area (Å²) >= 11 is 0. The second kappa shape index (κ2) is 3.88. The number of benzene rings is 1. The van der Waals surface area contributed by atoms with E-state index in [0.29, 0.717) is 5.41 Å². The van der Waals surface area contributed by atoms with Crippen LogP contribution >= 0.6 is 0 Å². The molecule has 0 radical (unpaired) electrons. The standard InChI is InChI=1S/C14H21N/c1-14(2)9-3-4-12(10-14)11-5-7-13(15)8-6-11/h5-8,12H,3-4,9-10,15H2,1-2H3. The van der Waals surface area contributed by atoms with Gasteiger partial charge in [0.1, 0.15) is 0 Å². The molecule has 1 heteroatoms. The first-order valence-electron chi connectivity index (χ1n) is 5.92. The van der Waals surface area contributed by atoms with Crippen LogP contribution in [0.1, 0.15) is 51.0 Å². The Balaban J connectivity index is 2.13. The Hall–Kier alpha value is -0.980. The van der Waals surface area contributed by atoms with Crippen molar-refractivity contribution in [1.82, 2.24) is 0 Å². The monoisotopic (exact) mass is 203 g/mol. The van der Waals surface area contributed by atoms with Crippen molar-refractivity contribution in [2.75, 3.05) is 5.73 Å². The smallest absolute Gasteiger partial charge is 0.0314 e. The first-order valence-corrected chi connectivity index (χ1v) is 5.92. The third kappa shape index (κ3) is 2.53. The Morgan fingerprint density at radius 3 is 2.47 bits per heavy atom. The third-order valence-electron chi connectivity index (χ3n) is 3.61. The fraction of sp³-hybridized carbons (Fsp3) is 0.571. The van der Waals surface area contributed by atoms with E-state index in [1.165, 1.54) is 31.2 Å². The molecule has 0 spiro atoms. The number of nitrogen functional groups attached to an aromatic ring is 1. The van der Waals surface area contributed by atoms with Crippen LogP contribution in [0.15, 0.2) is 24.3 Å². The van der Waals surface area contributed by atoms with E-state index in [2.05, 4.69) is 26.0 Å². The summed E-state index contributed by atoms with van der Waals surface area (Å²) in [7, 11) is 0. The van der Waals surface area contributed by atoms with Crippen LogP contribution in [0, 0.1) is 5.41 Å². The van der Waals surface area contributed by atoms with Crippen LogP contribution < -0.4 is 5.73 Å². The summed E-state index contributed by atoms with van der Waals surface area (Å²) in [6.45, 7) is 4.77. The van der Waals surface area contributed by atoms with Gasteiger partial charge in [0.15, 0.2) is 0 Å². The number of hydrogen-bond donors (Lipinski definition) is 1. The molecule has 0 aliphatic heterocycles. The second-order valence-electron chi connectivity index (χ2n) is 5.62. The van der Waals surface area contributed by atoms with E-state index in [1.54, 1.807) is 0 Å². The zero-order valence-electron chi connectivity index (χ0n) is 9.79. The lowest BCUT2D eigenvalue weighted by Gasteiger charge is -2.35. The maximum absolute atomic E-state index is 5.71. The summed E-state index contributed by atoms with van der Waals surface area (Å²) in [6, 6.07) is 8.44.